The highest BCUT2D eigenvalue weighted by atomic mass is 32.2. The first-order valence-electron chi connectivity index (χ1n) is 8.69. The number of carbonyl (C=O) groups excluding carboxylic acids is 2. The van der Waals surface area contributed by atoms with Gasteiger partial charge in [-0.2, -0.15) is 4.72 Å². The van der Waals surface area contributed by atoms with E-state index in [1.165, 1.54) is 45.4 Å². The molecule has 29 heavy (non-hydrogen) atoms. The van der Waals surface area contributed by atoms with Crippen LogP contribution < -0.4 is 14.2 Å². The molecule has 0 fully saturated rings. The van der Waals surface area contributed by atoms with Crippen molar-refractivity contribution in [2.24, 2.45) is 0 Å². The van der Waals surface area contributed by atoms with E-state index >= 15 is 0 Å². The van der Waals surface area contributed by atoms with Gasteiger partial charge in [-0.3, -0.25) is 9.59 Å². The number of hydrogen-bond acceptors (Lipinski definition) is 7. The summed E-state index contributed by atoms with van der Waals surface area (Å²) < 4.78 is 42.1. The van der Waals surface area contributed by atoms with E-state index in [1.807, 2.05) is 6.92 Å². The van der Waals surface area contributed by atoms with Gasteiger partial charge >= 0.3 is 5.97 Å². The van der Waals surface area contributed by atoms with E-state index in [0.717, 1.165) is 5.56 Å². The van der Waals surface area contributed by atoms with Crippen LogP contribution in [0.1, 0.15) is 22.8 Å². The zero-order valence-corrected chi connectivity index (χ0v) is 17.4. The van der Waals surface area contributed by atoms with Crippen LogP contribution in [0.25, 0.3) is 0 Å². The van der Waals surface area contributed by atoms with Crippen molar-refractivity contribution >= 4 is 21.8 Å². The lowest BCUT2D eigenvalue weighted by Gasteiger charge is -2.14. The Labute approximate surface area is 169 Å². The smallest absolute Gasteiger partial charge is 0.324 e. The highest BCUT2D eigenvalue weighted by Gasteiger charge is 2.24. The fourth-order valence-corrected chi connectivity index (χ4v) is 3.61. The molecular weight excluding hydrogens is 398 g/mol. The molecule has 8 nitrogen and oxygen atoms in total. The van der Waals surface area contributed by atoms with Crippen LogP contribution in [0.4, 0.5) is 0 Å². The summed E-state index contributed by atoms with van der Waals surface area (Å²) in [6.07, 6.45) is 0. The third-order valence-electron chi connectivity index (χ3n) is 4.07. The first-order chi connectivity index (χ1) is 13.7. The summed E-state index contributed by atoms with van der Waals surface area (Å²) in [7, 11) is -0.984. The minimum Gasteiger partial charge on any atom is -0.493 e. The van der Waals surface area contributed by atoms with Crippen molar-refractivity contribution in [1.29, 1.82) is 0 Å². The van der Waals surface area contributed by atoms with Gasteiger partial charge in [0.25, 0.3) is 0 Å². The summed E-state index contributed by atoms with van der Waals surface area (Å²) in [6.45, 7) is 2.64. The third kappa shape index (κ3) is 5.78. The van der Waals surface area contributed by atoms with Crippen LogP contribution in [0.5, 0.6) is 11.5 Å². The molecule has 2 aromatic rings. The summed E-state index contributed by atoms with van der Waals surface area (Å²) in [4.78, 5) is 24.4. The van der Waals surface area contributed by atoms with Crippen LogP contribution in [0.3, 0.4) is 0 Å². The van der Waals surface area contributed by atoms with Gasteiger partial charge in [-0.05, 0) is 44.2 Å². The van der Waals surface area contributed by atoms with Gasteiger partial charge in [-0.1, -0.05) is 17.7 Å². The molecule has 2 rings (SSSR count). The summed E-state index contributed by atoms with van der Waals surface area (Å²) in [6, 6.07) is 9.57. The molecule has 156 valence electrons. The molecule has 0 aliphatic carbocycles. The van der Waals surface area contributed by atoms with Crippen molar-refractivity contribution in [2.45, 2.75) is 24.8 Å². The molecule has 9 heteroatoms. The summed E-state index contributed by atoms with van der Waals surface area (Å²) in [5.41, 5.74) is 1.17. The molecule has 0 bridgehead atoms. The second kappa shape index (κ2) is 9.53. The Morgan fingerprint density at radius 3 is 2.21 bits per heavy atom. The first-order valence-corrected chi connectivity index (χ1v) is 10.2. The fraction of sp³-hybridized carbons (Fsp3) is 0.300. The van der Waals surface area contributed by atoms with Crippen LogP contribution >= 0.6 is 0 Å². The molecule has 0 heterocycles. The number of ketones is 1. The number of carbonyl (C=O) groups is 2. The van der Waals surface area contributed by atoms with Crippen molar-refractivity contribution < 1.29 is 32.2 Å². The summed E-state index contributed by atoms with van der Waals surface area (Å²) >= 11 is 0. The third-order valence-corrected chi connectivity index (χ3v) is 5.62. The number of benzene rings is 2. The maximum Gasteiger partial charge on any atom is 0.324 e. The zero-order chi connectivity index (χ0) is 21.6. The Kier molecular flexibility index (Phi) is 7.35. The predicted molar refractivity (Wildman–Crippen MR) is 106 cm³/mol. The second-order valence-electron chi connectivity index (χ2n) is 6.26. The van der Waals surface area contributed by atoms with Gasteiger partial charge in [0.2, 0.25) is 10.0 Å². The van der Waals surface area contributed by atoms with Crippen LogP contribution in [-0.4, -0.2) is 47.0 Å². The minimum atomic E-state index is -3.89. The molecule has 0 unspecified atom stereocenters. The van der Waals surface area contributed by atoms with Crippen LogP contribution in [-0.2, 0) is 19.6 Å². The van der Waals surface area contributed by atoms with Crippen LogP contribution in [0.2, 0.25) is 0 Å². The minimum absolute atomic E-state index is 0.0316. The van der Waals surface area contributed by atoms with E-state index in [1.54, 1.807) is 18.2 Å². The van der Waals surface area contributed by atoms with Gasteiger partial charge in [0.15, 0.2) is 23.9 Å². The number of hydrogen-bond donors (Lipinski definition) is 1. The zero-order valence-electron chi connectivity index (χ0n) is 16.6. The van der Waals surface area contributed by atoms with Crippen molar-refractivity contribution in [1.82, 2.24) is 4.72 Å². The summed E-state index contributed by atoms with van der Waals surface area (Å²) in [5.74, 6) is -0.508. The van der Waals surface area contributed by atoms with E-state index in [-0.39, 0.29) is 10.5 Å². The number of sulfonamides is 1. The normalized spacial score (nSPS) is 12.1. The molecule has 0 amide bonds. The second-order valence-corrected chi connectivity index (χ2v) is 7.97. The molecule has 0 aliphatic heterocycles. The topological polar surface area (TPSA) is 108 Å². The Balaban J connectivity index is 1.97. The first kappa shape index (κ1) is 22.4. The van der Waals surface area contributed by atoms with Gasteiger partial charge in [0.1, 0.15) is 6.04 Å². The Morgan fingerprint density at radius 2 is 1.62 bits per heavy atom. The van der Waals surface area contributed by atoms with E-state index in [2.05, 4.69) is 4.72 Å². The van der Waals surface area contributed by atoms with Gasteiger partial charge in [-0.25, -0.2) is 8.42 Å². The van der Waals surface area contributed by atoms with Crippen molar-refractivity contribution in [3.8, 4) is 11.5 Å². The number of rotatable bonds is 9. The molecule has 1 N–H and O–H groups in total. The lowest BCUT2D eigenvalue weighted by atomic mass is 10.1. The molecular formula is C20H23NO7S. The quantitative estimate of drug-likeness (QED) is 0.488. The number of Topliss-reactive ketones (excluding diaryl/α,β-unsaturated/α-hetero) is 1. The van der Waals surface area contributed by atoms with E-state index in [4.69, 9.17) is 14.2 Å². The lowest BCUT2D eigenvalue weighted by molar-refractivity contribution is -0.144. The predicted octanol–water partition coefficient (Wildman–Crippen LogP) is 2.11. The highest BCUT2D eigenvalue weighted by Crippen LogP contribution is 2.27. The molecule has 1 atom stereocenters. The summed E-state index contributed by atoms with van der Waals surface area (Å²) in [5, 5.41) is 0. The van der Waals surface area contributed by atoms with Gasteiger partial charge in [-0.15, -0.1) is 0 Å². The molecule has 0 spiro atoms. The van der Waals surface area contributed by atoms with Gasteiger partial charge in [0, 0.05) is 5.56 Å². The van der Waals surface area contributed by atoms with Crippen LogP contribution in [0.15, 0.2) is 47.4 Å². The number of esters is 1. The maximum absolute atomic E-state index is 12.3. The van der Waals surface area contributed by atoms with Crippen molar-refractivity contribution in [2.75, 3.05) is 20.8 Å². The van der Waals surface area contributed by atoms with E-state index in [0.29, 0.717) is 11.5 Å². The Bertz CT molecular complexity index is 984. The molecule has 0 aromatic heterocycles. The number of aryl methyl sites for hydroxylation is 1. The Hall–Kier alpha value is -2.91. The molecule has 0 saturated carbocycles. The number of nitrogens with one attached hydrogen (secondary N) is 1. The average Bonchev–Trinajstić information content (AvgIpc) is 2.71. The lowest BCUT2D eigenvalue weighted by Crippen LogP contribution is -2.40. The van der Waals surface area contributed by atoms with Gasteiger partial charge in [0.05, 0.1) is 19.1 Å². The SMILES string of the molecule is COc1ccc(C(=O)COC(=O)[C@H](C)NS(=O)(=O)c2ccc(C)cc2)cc1OC. The van der Waals surface area contributed by atoms with Gasteiger partial charge < -0.3 is 14.2 Å². The largest absolute Gasteiger partial charge is 0.493 e. The standard InChI is InChI=1S/C20H23NO7S/c1-13-5-8-16(9-6-13)29(24,25)21-14(2)20(23)28-12-17(22)15-7-10-18(26-3)19(11-15)27-4/h5-11,14,21H,12H2,1-4H3/t14-/m0/s1. The van der Waals surface area contributed by atoms with E-state index in [9.17, 15) is 18.0 Å². The maximum atomic E-state index is 12.3. The Morgan fingerprint density at radius 1 is 1.00 bits per heavy atom. The fourth-order valence-electron chi connectivity index (χ4n) is 2.42. The van der Waals surface area contributed by atoms with Crippen molar-refractivity contribution in [3.05, 3.63) is 53.6 Å². The van der Waals surface area contributed by atoms with E-state index < -0.39 is 34.4 Å². The monoisotopic (exact) mass is 421 g/mol. The highest BCUT2D eigenvalue weighted by molar-refractivity contribution is 7.89. The molecule has 0 aliphatic rings. The average molecular weight is 421 g/mol. The number of methoxy groups -OCH3 is 2. The van der Waals surface area contributed by atoms with Crippen molar-refractivity contribution in [3.63, 3.8) is 0 Å². The molecule has 0 radical (unpaired) electrons. The molecule has 2 aromatic carbocycles. The van der Waals surface area contributed by atoms with Crippen LogP contribution in [0, 0.1) is 6.92 Å². The number of ether oxygens (including phenoxy) is 3. The molecule has 0 saturated heterocycles.